The predicted octanol–water partition coefficient (Wildman–Crippen LogP) is 5.82. The highest BCUT2D eigenvalue weighted by Crippen LogP contribution is 2.34. The fraction of sp³-hybridized carbons (Fsp3) is 0.316. The Morgan fingerprint density at radius 3 is 2.70 bits per heavy atom. The molecule has 0 spiro atoms. The summed E-state index contributed by atoms with van der Waals surface area (Å²) in [5.74, 6) is 1.01. The van der Waals surface area contributed by atoms with Crippen LogP contribution in [0, 0.1) is 0 Å². The molecule has 0 aliphatic rings. The molecule has 0 aliphatic carbocycles. The monoisotopic (exact) mass is 375 g/mol. The van der Waals surface area contributed by atoms with Gasteiger partial charge in [0, 0.05) is 16.3 Å². The topological polar surface area (TPSA) is 41.8 Å². The van der Waals surface area contributed by atoms with Gasteiger partial charge in [-0.05, 0) is 43.0 Å². The van der Waals surface area contributed by atoms with Crippen molar-refractivity contribution in [2.75, 3.05) is 6.61 Å². The Morgan fingerprint density at radius 2 is 2.00 bits per heavy atom. The number of para-hydroxylation sites is 1. The minimum Gasteiger partial charge on any atom is -0.504 e. The molecule has 1 N–H and O–H groups in total. The van der Waals surface area contributed by atoms with Crippen molar-refractivity contribution in [3.05, 3.63) is 52.0 Å². The van der Waals surface area contributed by atoms with Gasteiger partial charge in [0.05, 0.1) is 12.3 Å². The van der Waals surface area contributed by atoms with Crippen molar-refractivity contribution < 1.29 is 9.84 Å². The Hall–Kier alpha value is -1.81. The fourth-order valence-corrected chi connectivity index (χ4v) is 2.79. The molecule has 0 saturated heterocycles. The van der Waals surface area contributed by atoms with Crippen LogP contribution in [0.1, 0.15) is 44.2 Å². The molecule has 0 radical (unpaired) electrons. The average Bonchev–Trinajstić information content (AvgIpc) is 2.56. The molecule has 0 bridgehead atoms. The largest absolute Gasteiger partial charge is 0.504 e. The predicted molar refractivity (Wildman–Crippen MR) is 99.4 cm³/mol. The zero-order valence-corrected chi connectivity index (χ0v) is 15.3. The van der Waals surface area contributed by atoms with Gasteiger partial charge < -0.3 is 9.84 Å². The Kier molecular flexibility index (Phi) is 6.22. The highest BCUT2D eigenvalue weighted by molar-refractivity contribution is 9.10. The van der Waals surface area contributed by atoms with Crippen molar-refractivity contribution in [2.45, 2.75) is 33.1 Å². The van der Waals surface area contributed by atoms with Crippen LogP contribution >= 0.6 is 15.9 Å². The van der Waals surface area contributed by atoms with Crippen LogP contribution in [0.15, 0.2) is 45.9 Å². The summed E-state index contributed by atoms with van der Waals surface area (Å²) in [6, 6.07) is 11.7. The van der Waals surface area contributed by atoms with E-state index in [4.69, 9.17) is 4.74 Å². The number of rotatable bonds is 6. The van der Waals surface area contributed by atoms with Gasteiger partial charge in [0.25, 0.3) is 0 Å². The molecule has 0 amide bonds. The number of aliphatic imine (C=N–C) groups is 1. The third kappa shape index (κ3) is 4.35. The molecular weight excluding hydrogens is 354 g/mol. The summed E-state index contributed by atoms with van der Waals surface area (Å²) < 4.78 is 6.29. The highest BCUT2D eigenvalue weighted by atomic mass is 79.9. The lowest BCUT2D eigenvalue weighted by atomic mass is 9.97. The van der Waals surface area contributed by atoms with Gasteiger partial charge in [0.15, 0.2) is 11.5 Å². The highest BCUT2D eigenvalue weighted by Gasteiger charge is 2.10. The minimum atomic E-state index is 0.111. The lowest BCUT2D eigenvalue weighted by Crippen LogP contribution is -1.95. The van der Waals surface area contributed by atoms with E-state index in [0.29, 0.717) is 23.8 Å². The second-order valence-electron chi connectivity index (χ2n) is 5.40. The standard InChI is InChI=1S/C19H22BrNO2/c1-4-13(3)16-8-6-7-9-17(16)21-12-14-10-15(20)11-18(19(14)22)23-5-2/h6-13,22H,4-5H2,1-3H3/t13-/m0/s1. The first-order valence-corrected chi connectivity index (χ1v) is 8.64. The van der Waals surface area contributed by atoms with E-state index < -0.39 is 0 Å². The number of nitrogens with zero attached hydrogens (tertiary/aromatic N) is 1. The van der Waals surface area contributed by atoms with Gasteiger partial charge in [-0.3, -0.25) is 4.99 Å². The van der Waals surface area contributed by atoms with Crippen LogP contribution in [-0.4, -0.2) is 17.9 Å². The van der Waals surface area contributed by atoms with E-state index >= 15 is 0 Å². The SMILES string of the molecule is CCOc1cc(Br)cc(C=Nc2ccccc2[C@@H](C)CC)c1O. The van der Waals surface area contributed by atoms with Gasteiger partial charge in [0.2, 0.25) is 0 Å². The van der Waals surface area contributed by atoms with Gasteiger partial charge in [-0.15, -0.1) is 0 Å². The molecule has 4 heteroatoms. The van der Waals surface area contributed by atoms with E-state index in [0.717, 1.165) is 16.6 Å². The molecule has 0 fully saturated rings. The van der Waals surface area contributed by atoms with E-state index in [-0.39, 0.29) is 5.75 Å². The first kappa shape index (κ1) is 17.5. The number of hydrogen-bond donors (Lipinski definition) is 1. The van der Waals surface area contributed by atoms with Crippen molar-refractivity contribution in [3.63, 3.8) is 0 Å². The summed E-state index contributed by atoms with van der Waals surface area (Å²) in [4.78, 5) is 4.59. The third-order valence-electron chi connectivity index (χ3n) is 3.79. The Labute approximate surface area is 146 Å². The molecule has 2 aromatic carbocycles. The molecule has 1 atom stereocenters. The van der Waals surface area contributed by atoms with Crippen molar-refractivity contribution in [1.82, 2.24) is 0 Å². The first-order valence-electron chi connectivity index (χ1n) is 7.85. The lowest BCUT2D eigenvalue weighted by molar-refractivity contribution is 0.317. The van der Waals surface area contributed by atoms with Gasteiger partial charge in [-0.25, -0.2) is 0 Å². The summed E-state index contributed by atoms with van der Waals surface area (Å²) in [5.41, 5.74) is 2.77. The fourth-order valence-electron chi connectivity index (χ4n) is 2.34. The number of hydrogen-bond acceptors (Lipinski definition) is 3. The van der Waals surface area contributed by atoms with E-state index in [9.17, 15) is 5.11 Å². The molecule has 3 nitrogen and oxygen atoms in total. The molecule has 0 aliphatic heterocycles. The molecule has 2 rings (SSSR count). The normalized spacial score (nSPS) is 12.5. The molecule has 122 valence electrons. The number of benzene rings is 2. The number of ether oxygens (including phenoxy) is 1. The quantitative estimate of drug-likeness (QED) is 0.646. The molecule has 2 aromatic rings. The van der Waals surface area contributed by atoms with Gasteiger partial charge in [0.1, 0.15) is 0 Å². The molecule has 0 aromatic heterocycles. The summed E-state index contributed by atoms with van der Waals surface area (Å²) in [5, 5.41) is 10.3. The smallest absolute Gasteiger partial charge is 0.166 e. The van der Waals surface area contributed by atoms with E-state index in [1.807, 2.05) is 31.2 Å². The number of phenolic OH excluding ortho intramolecular Hbond substituents is 1. The van der Waals surface area contributed by atoms with Crippen molar-refractivity contribution in [2.24, 2.45) is 4.99 Å². The molecule has 0 saturated carbocycles. The maximum absolute atomic E-state index is 10.3. The summed E-state index contributed by atoms with van der Waals surface area (Å²) in [6.07, 6.45) is 2.74. The van der Waals surface area contributed by atoms with Crippen molar-refractivity contribution in [1.29, 1.82) is 0 Å². The molecule has 23 heavy (non-hydrogen) atoms. The Morgan fingerprint density at radius 1 is 1.26 bits per heavy atom. The van der Waals surface area contributed by atoms with Crippen LogP contribution in [0.2, 0.25) is 0 Å². The van der Waals surface area contributed by atoms with Crippen LogP contribution in [0.25, 0.3) is 0 Å². The van der Waals surface area contributed by atoms with E-state index in [2.05, 4.69) is 40.8 Å². The zero-order chi connectivity index (χ0) is 16.8. The minimum absolute atomic E-state index is 0.111. The summed E-state index contributed by atoms with van der Waals surface area (Å²) >= 11 is 3.44. The van der Waals surface area contributed by atoms with Crippen LogP contribution in [0.5, 0.6) is 11.5 Å². The van der Waals surface area contributed by atoms with Crippen LogP contribution in [0.3, 0.4) is 0 Å². The average molecular weight is 376 g/mol. The van der Waals surface area contributed by atoms with Gasteiger partial charge >= 0.3 is 0 Å². The van der Waals surface area contributed by atoms with Gasteiger partial charge in [-0.1, -0.05) is 48.0 Å². The summed E-state index contributed by atoms with van der Waals surface area (Å²) in [7, 11) is 0. The molecule has 0 unspecified atom stereocenters. The van der Waals surface area contributed by atoms with E-state index in [1.165, 1.54) is 5.56 Å². The third-order valence-corrected chi connectivity index (χ3v) is 4.25. The number of halogens is 1. The number of aromatic hydroxyl groups is 1. The van der Waals surface area contributed by atoms with Gasteiger partial charge in [-0.2, -0.15) is 0 Å². The summed E-state index contributed by atoms with van der Waals surface area (Å²) in [6.45, 7) is 6.74. The Balaban J connectivity index is 2.38. The van der Waals surface area contributed by atoms with Crippen molar-refractivity contribution in [3.8, 4) is 11.5 Å². The maximum atomic E-state index is 10.3. The second kappa shape index (κ2) is 8.16. The Bertz CT molecular complexity index is 698. The zero-order valence-electron chi connectivity index (χ0n) is 13.7. The van der Waals surface area contributed by atoms with Crippen LogP contribution < -0.4 is 4.74 Å². The molecule has 0 heterocycles. The second-order valence-corrected chi connectivity index (χ2v) is 6.32. The van der Waals surface area contributed by atoms with Crippen molar-refractivity contribution >= 4 is 27.8 Å². The number of phenols is 1. The van der Waals surface area contributed by atoms with E-state index in [1.54, 1.807) is 12.3 Å². The van der Waals surface area contributed by atoms with Crippen LogP contribution in [-0.2, 0) is 0 Å². The first-order chi connectivity index (χ1) is 11.1. The molecular formula is C19H22BrNO2. The maximum Gasteiger partial charge on any atom is 0.166 e. The van der Waals surface area contributed by atoms with Crippen LogP contribution in [0.4, 0.5) is 5.69 Å². The lowest BCUT2D eigenvalue weighted by Gasteiger charge is -2.12.